The second-order valence-electron chi connectivity index (χ2n) is 5.06. The zero-order chi connectivity index (χ0) is 15.0. The first-order valence-electron chi connectivity index (χ1n) is 6.98. The molecule has 0 aliphatic rings. The Morgan fingerprint density at radius 2 is 2.10 bits per heavy atom. The van der Waals surface area contributed by atoms with Crippen LogP contribution in [0.4, 0.5) is 5.82 Å². The van der Waals surface area contributed by atoms with Gasteiger partial charge >= 0.3 is 0 Å². The van der Waals surface area contributed by atoms with Crippen molar-refractivity contribution in [2.24, 2.45) is 0 Å². The molecule has 3 heterocycles. The van der Waals surface area contributed by atoms with E-state index in [4.69, 9.17) is 11.4 Å². The van der Waals surface area contributed by atoms with Gasteiger partial charge in [0.1, 0.15) is 5.82 Å². The number of hydrogen-bond acceptors (Lipinski definition) is 4. The molecule has 3 aromatic rings. The Balaban J connectivity index is 2.37. The van der Waals surface area contributed by atoms with Crippen LogP contribution in [0.3, 0.4) is 0 Å². The summed E-state index contributed by atoms with van der Waals surface area (Å²) in [7, 11) is 0. The highest BCUT2D eigenvalue weighted by atomic mass is 15.3. The molecule has 21 heavy (non-hydrogen) atoms. The predicted octanol–water partition coefficient (Wildman–Crippen LogP) is 2.50. The molecule has 0 radical (unpaired) electrons. The highest BCUT2D eigenvalue weighted by Gasteiger charge is 2.14. The molecule has 0 amide bonds. The summed E-state index contributed by atoms with van der Waals surface area (Å²) in [5.41, 5.74) is 4.64. The van der Waals surface area contributed by atoms with Crippen LogP contribution >= 0.6 is 0 Å². The fourth-order valence-electron chi connectivity index (χ4n) is 2.52. The Hall–Kier alpha value is -2.61. The number of fused-ring (bicyclic) bond motifs is 3. The molecule has 1 N–H and O–H groups in total. The van der Waals surface area contributed by atoms with Crippen LogP contribution in [-0.4, -0.2) is 26.1 Å². The molecule has 0 aromatic carbocycles. The Labute approximate surface area is 123 Å². The summed E-state index contributed by atoms with van der Waals surface area (Å²) >= 11 is 0. The largest absolute Gasteiger partial charge is 0.359 e. The van der Waals surface area contributed by atoms with Crippen LogP contribution in [0.1, 0.15) is 23.9 Å². The van der Waals surface area contributed by atoms with Gasteiger partial charge in [-0.1, -0.05) is 12.8 Å². The van der Waals surface area contributed by atoms with E-state index < -0.39 is 0 Å². The first kappa shape index (κ1) is 13.4. The number of aryl methyl sites for hydroxylation is 3. The number of hydrogen-bond donors (Lipinski definition) is 1. The molecule has 0 fully saturated rings. The van der Waals surface area contributed by atoms with Gasteiger partial charge in [0.05, 0.1) is 11.9 Å². The number of aromatic nitrogens is 4. The molecule has 3 rings (SSSR count). The second-order valence-corrected chi connectivity index (χ2v) is 5.06. The van der Waals surface area contributed by atoms with E-state index in [1.165, 1.54) is 0 Å². The highest BCUT2D eigenvalue weighted by molar-refractivity contribution is 5.93. The SMILES string of the molecule is C#CCNc1cc(CC)nc2c3c(C)cc(C)nc3nn12. The third-order valence-corrected chi connectivity index (χ3v) is 3.46. The summed E-state index contributed by atoms with van der Waals surface area (Å²) in [6.07, 6.45) is 6.19. The van der Waals surface area contributed by atoms with Gasteiger partial charge in [-0.2, -0.15) is 4.52 Å². The molecule has 106 valence electrons. The fourth-order valence-corrected chi connectivity index (χ4v) is 2.52. The van der Waals surface area contributed by atoms with E-state index in [0.29, 0.717) is 6.54 Å². The molecular formula is C16H17N5. The number of pyridine rings is 1. The average molecular weight is 279 g/mol. The van der Waals surface area contributed by atoms with Crippen molar-refractivity contribution >= 4 is 22.5 Å². The maximum atomic E-state index is 5.34. The number of nitrogens with zero attached hydrogens (tertiary/aromatic N) is 4. The Kier molecular flexibility index (Phi) is 3.22. The molecule has 0 spiro atoms. The monoisotopic (exact) mass is 279 g/mol. The molecule has 0 bridgehead atoms. The van der Waals surface area contributed by atoms with Crippen molar-refractivity contribution in [2.75, 3.05) is 11.9 Å². The second kappa shape index (κ2) is 5.06. The first-order valence-corrected chi connectivity index (χ1v) is 6.98. The average Bonchev–Trinajstić information content (AvgIpc) is 2.82. The van der Waals surface area contributed by atoms with Crippen LogP contribution in [-0.2, 0) is 6.42 Å². The number of terminal acetylenes is 1. The van der Waals surface area contributed by atoms with Crippen molar-refractivity contribution < 1.29 is 0 Å². The maximum absolute atomic E-state index is 5.34. The highest BCUT2D eigenvalue weighted by Crippen LogP contribution is 2.24. The van der Waals surface area contributed by atoms with Crippen molar-refractivity contribution in [3.63, 3.8) is 0 Å². The van der Waals surface area contributed by atoms with Gasteiger partial charge in [-0.3, -0.25) is 0 Å². The minimum Gasteiger partial charge on any atom is -0.359 e. The molecule has 0 unspecified atom stereocenters. The first-order chi connectivity index (χ1) is 10.1. The van der Waals surface area contributed by atoms with Crippen LogP contribution in [0, 0.1) is 26.2 Å². The smallest absolute Gasteiger partial charge is 0.184 e. The Bertz CT molecular complexity index is 870. The summed E-state index contributed by atoms with van der Waals surface area (Å²) in [5, 5.41) is 8.78. The third-order valence-electron chi connectivity index (χ3n) is 3.46. The molecule has 0 atom stereocenters. The Morgan fingerprint density at radius 3 is 2.81 bits per heavy atom. The van der Waals surface area contributed by atoms with E-state index in [2.05, 4.69) is 41.2 Å². The van der Waals surface area contributed by atoms with E-state index in [1.807, 2.05) is 13.0 Å². The number of anilines is 1. The van der Waals surface area contributed by atoms with Crippen LogP contribution in [0.5, 0.6) is 0 Å². The minimum atomic E-state index is 0.448. The standard InChI is InChI=1S/C16H17N5/c1-5-7-17-13-9-12(6-2)19-16-14-10(3)8-11(4)18-15(14)20-21(13)16/h1,8-9,17H,6-7H2,2-4H3. The normalized spacial score (nSPS) is 11.0. The van der Waals surface area contributed by atoms with Gasteiger partial charge in [0.2, 0.25) is 0 Å². The third kappa shape index (κ3) is 2.19. The van der Waals surface area contributed by atoms with Crippen molar-refractivity contribution in [1.82, 2.24) is 19.6 Å². The summed E-state index contributed by atoms with van der Waals surface area (Å²) in [4.78, 5) is 9.22. The topological polar surface area (TPSA) is 55.1 Å². The van der Waals surface area contributed by atoms with Crippen LogP contribution in [0.2, 0.25) is 0 Å². The van der Waals surface area contributed by atoms with Crippen molar-refractivity contribution in [3.05, 3.63) is 29.1 Å². The lowest BCUT2D eigenvalue weighted by molar-refractivity contribution is 0.918. The van der Waals surface area contributed by atoms with E-state index in [0.717, 1.165) is 45.9 Å². The summed E-state index contributed by atoms with van der Waals surface area (Å²) < 4.78 is 1.79. The predicted molar refractivity (Wildman–Crippen MR) is 84.5 cm³/mol. The van der Waals surface area contributed by atoms with E-state index in [-0.39, 0.29) is 0 Å². The van der Waals surface area contributed by atoms with Crippen molar-refractivity contribution in [2.45, 2.75) is 27.2 Å². The fraction of sp³-hybridized carbons (Fsp3) is 0.312. The van der Waals surface area contributed by atoms with Gasteiger partial charge in [-0.15, -0.1) is 11.5 Å². The van der Waals surface area contributed by atoms with Gasteiger partial charge < -0.3 is 5.32 Å². The van der Waals surface area contributed by atoms with Crippen molar-refractivity contribution in [1.29, 1.82) is 0 Å². The molecule has 0 saturated carbocycles. The molecule has 5 nitrogen and oxygen atoms in total. The van der Waals surface area contributed by atoms with E-state index in [1.54, 1.807) is 4.52 Å². The maximum Gasteiger partial charge on any atom is 0.184 e. The van der Waals surface area contributed by atoms with Crippen molar-refractivity contribution in [3.8, 4) is 12.3 Å². The lowest BCUT2D eigenvalue weighted by Gasteiger charge is -2.07. The van der Waals surface area contributed by atoms with Gasteiger partial charge in [0, 0.05) is 17.5 Å². The lowest BCUT2D eigenvalue weighted by atomic mass is 10.2. The van der Waals surface area contributed by atoms with Gasteiger partial charge in [-0.05, 0) is 31.9 Å². The van der Waals surface area contributed by atoms with E-state index >= 15 is 0 Å². The molecule has 3 aromatic heterocycles. The molecular weight excluding hydrogens is 262 g/mol. The molecule has 0 aliphatic carbocycles. The van der Waals surface area contributed by atoms with Crippen LogP contribution < -0.4 is 5.32 Å². The van der Waals surface area contributed by atoms with Crippen LogP contribution in [0.25, 0.3) is 16.7 Å². The molecule has 5 heteroatoms. The lowest BCUT2D eigenvalue weighted by Crippen LogP contribution is -2.07. The van der Waals surface area contributed by atoms with Gasteiger partial charge in [0.25, 0.3) is 0 Å². The van der Waals surface area contributed by atoms with Gasteiger partial charge in [0.15, 0.2) is 11.3 Å². The van der Waals surface area contributed by atoms with Crippen LogP contribution in [0.15, 0.2) is 12.1 Å². The summed E-state index contributed by atoms with van der Waals surface area (Å²) in [6.45, 7) is 6.56. The zero-order valence-corrected chi connectivity index (χ0v) is 12.4. The quantitative estimate of drug-likeness (QED) is 0.748. The minimum absolute atomic E-state index is 0.448. The van der Waals surface area contributed by atoms with Gasteiger partial charge in [-0.25, -0.2) is 9.97 Å². The number of nitrogens with one attached hydrogen (secondary N) is 1. The zero-order valence-electron chi connectivity index (χ0n) is 12.4. The molecule has 0 saturated heterocycles. The molecule has 0 aliphatic heterocycles. The Morgan fingerprint density at radius 1 is 1.29 bits per heavy atom. The van der Waals surface area contributed by atoms with E-state index in [9.17, 15) is 0 Å². The summed E-state index contributed by atoms with van der Waals surface area (Å²) in [5.74, 6) is 3.44. The number of rotatable bonds is 3. The summed E-state index contributed by atoms with van der Waals surface area (Å²) in [6, 6.07) is 4.04.